The van der Waals surface area contributed by atoms with Gasteiger partial charge in [-0.3, -0.25) is 0 Å². The average molecular weight is 304 g/mol. The maximum Gasteiger partial charge on any atom is 0.130 e. The Bertz CT molecular complexity index is 615. The highest BCUT2D eigenvalue weighted by Gasteiger charge is 2.20. The molecule has 2 aromatic heterocycles. The first-order valence-corrected chi connectivity index (χ1v) is 8.03. The molecule has 21 heavy (non-hydrogen) atoms. The first-order chi connectivity index (χ1) is 10.1. The Hall–Kier alpha value is -1.53. The Balaban J connectivity index is 1.72. The molecule has 1 fully saturated rings. The number of nitrogens with one attached hydrogen (secondary N) is 1. The van der Waals surface area contributed by atoms with E-state index in [2.05, 4.69) is 27.2 Å². The molecule has 5 nitrogen and oxygen atoms in total. The van der Waals surface area contributed by atoms with E-state index in [9.17, 15) is 0 Å². The van der Waals surface area contributed by atoms with E-state index in [-0.39, 0.29) is 0 Å². The highest BCUT2D eigenvalue weighted by Crippen LogP contribution is 2.25. The van der Waals surface area contributed by atoms with Gasteiger partial charge in [0, 0.05) is 23.5 Å². The van der Waals surface area contributed by atoms with Crippen LogP contribution in [0.5, 0.6) is 0 Å². The Morgan fingerprint density at radius 2 is 2.14 bits per heavy atom. The number of ether oxygens (including phenoxy) is 1. The lowest BCUT2D eigenvalue weighted by Gasteiger charge is -2.11. The SMILES string of the molecule is Cc1nc(NCc2nc(C)c(C)s2)cc([C@H]2CCOC2)n1. The van der Waals surface area contributed by atoms with Crippen molar-refractivity contribution >= 4 is 17.2 Å². The van der Waals surface area contributed by atoms with Gasteiger partial charge < -0.3 is 10.1 Å². The highest BCUT2D eigenvalue weighted by molar-refractivity contribution is 7.11. The monoisotopic (exact) mass is 304 g/mol. The van der Waals surface area contributed by atoms with Gasteiger partial charge in [-0.1, -0.05) is 0 Å². The summed E-state index contributed by atoms with van der Waals surface area (Å²) in [6, 6.07) is 2.04. The summed E-state index contributed by atoms with van der Waals surface area (Å²) in [7, 11) is 0. The van der Waals surface area contributed by atoms with Crippen molar-refractivity contribution < 1.29 is 4.74 Å². The van der Waals surface area contributed by atoms with E-state index in [1.165, 1.54) is 4.88 Å². The van der Waals surface area contributed by atoms with E-state index in [1.807, 2.05) is 19.9 Å². The normalized spacial score (nSPS) is 18.1. The third-order valence-electron chi connectivity index (χ3n) is 3.70. The van der Waals surface area contributed by atoms with Gasteiger partial charge in [-0.05, 0) is 27.2 Å². The molecule has 1 N–H and O–H groups in total. The van der Waals surface area contributed by atoms with Gasteiger partial charge in [0.1, 0.15) is 16.6 Å². The van der Waals surface area contributed by atoms with E-state index in [1.54, 1.807) is 11.3 Å². The molecule has 0 bridgehead atoms. The summed E-state index contributed by atoms with van der Waals surface area (Å²) in [6.45, 7) is 8.37. The fourth-order valence-electron chi connectivity index (χ4n) is 2.44. The van der Waals surface area contributed by atoms with Crippen LogP contribution in [0.1, 0.15) is 39.4 Å². The van der Waals surface area contributed by atoms with Gasteiger partial charge in [-0.25, -0.2) is 15.0 Å². The first kappa shape index (κ1) is 14.4. The minimum Gasteiger partial charge on any atom is -0.381 e. The Labute approximate surface area is 128 Å². The van der Waals surface area contributed by atoms with Crippen LogP contribution in [-0.2, 0) is 11.3 Å². The van der Waals surface area contributed by atoms with Crippen molar-refractivity contribution in [1.82, 2.24) is 15.0 Å². The summed E-state index contributed by atoms with van der Waals surface area (Å²) < 4.78 is 5.45. The Kier molecular flexibility index (Phi) is 4.17. The smallest absolute Gasteiger partial charge is 0.130 e. The molecule has 0 radical (unpaired) electrons. The minimum atomic E-state index is 0.400. The van der Waals surface area contributed by atoms with Crippen LogP contribution in [0.2, 0.25) is 0 Å². The van der Waals surface area contributed by atoms with Crippen molar-refractivity contribution in [3.05, 3.63) is 33.2 Å². The number of hydrogen-bond donors (Lipinski definition) is 1. The molecule has 3 rings (SSSR count). The van der Waals surface area contributed by atoms with Gasteiger partial charge in [0.2, 0.25) is 0 Å². The van der Waals surface area contributed by atoms with Crippen molar-refractivity contribution in [3.63, 3.8) is 0 Å². The lowest BCUT2D eigenvalue weighted by Crippen LogP contribution is -2.08. The molecule has 1 aliphatic rings. The van der Waals surface area contributed by atoms with Crippen LogP contribution in [-0.4, -0.2) is 28.2 Å². The standard InChI is InChI=1S/C15H20N4OS/c1-9-10(2)21-15(17-9)7-16-14-6-13(18-11(3)19-14)12-4-5-20-8-12/h6,12H,4-5,7-8H2,1-3H3,(H,16,18,19)/t12-/m0/s1. The molecule has 0 amide bonds. The molecular formula is C15H20N4OS. The summed E-state index contributed by atoms with van der Waals surface area (Å²) in [5.41, 5.74) is 2.19. The molecule has 0 aromatic carbocycles. The number of hydrogen-bond acceptors (Lipinski definition) is 6. The van der Waals surface area contributed by atoms with Gasteiger partial charge in [-0.15, -0.1) is 11.3 Å². The predicted octanol–water partition coefficient (Wildman–Crippen LogP) is 2.97. The summed E-state index contributed by atoms with van der Waals surface area (Å²) in [5, 5.41) is 4.45. The van der Waals surface area contributed by atoms with Crippen molar-refractivity contribution in [2.45, 2.75) is 39.7 Å². The third kappa shape index (κ3) is 3.39. The van der Waals surface area contributed by atoms with Gasteiger partial charge >= 0.3 is 0 Å². The lowest BCUT2D eigenvalue weighted by molar-refractivity contribution is 0.193. The van der Waals surface area contributed by atoms with E-state index in [0.717, 1.165) is 47.7 Å². The van der Waals surface area contributed by atoms with E-state index < -0.39 is 0 Å². The van der Waals surface area contributed by atoms with Crippen LogP contribution in [0.15, 0.2) is 6.07 Å². The molecule has 6 heteroatoms. The van der Waals surface area contributed by atoms with E-state index >= 15 is 0 Å². The van der Waals surface area contributed by atoms with E-state index in [0.29, 0.717) is 12.5 Å². The maximum absolute atomic E-state index is 5.45. The summed E-state index contributed by atoms with van der Waals surface area (Å²) in [4.78, 5) is 14.8. The van der Waals surface area contributed by atoms with Crippen molar-refractivity contribution in [1.29, 1.82) is 0 Å². The van der Waals surface area contributed by atoms with E-state index in [4.69, 9.17) is 4.74 Å². The topological polar surface area (TPSA) is 59.9 Å². The van der Waals surface area contributed by atoms with Crippen LogP contribution >= 0.6 is 11.3 Å². The van der Waals surface area contributed by atoms with Crippen LogP contribution in [0.3, 0.4) is 0 Å². The maximum atomic E-state index is 5.45. The molecule has 0 unspecified atom stereocenters. The largest absolute Gasteiger partial charge is 0.381 e. The molecule has 1 saturated heterocycles. The van der Waals surface area contributed by atoms with Crippen LogP contribution in [0, 0.1) is 20.8 Å². The van der Waals surface area contributed by atoms with Gasteiger partial charge in [0.25, 0.3) is 0 Å². The average Bonchev–Trinajstić information content (AvgIpc) is 3.07. The van der Waals surface area contributed by atoms with Crippen molar-refractivity contribution in [2.24, 2.45) is 0 Å². The fraction of sp³-hybridized carbons (Fsp3) is 0.533. The quantitative estimate of drug-likeness (QED) is 0.941. The third-order valence-corrected chi connectivity index (χ3v) is 4.77. The zero-order valence-electron chi connectivity index (χ0n) is 12.6. The van der Waals surface area contributed by atoms with Gasteiger partial charge in [0.15, 0.2) is 0 Å². The molecule has 0 aliphatic carbocycles. The number of nitrogens with zero attached hydrogens (tertiary/aromatic N) is 3. The zero-order valence-corrected chi connectivity index (χ0v) is 13.5. The Morgan fingerprint density at radius 3 is 2.81 bits per heavy atom. The molecule has 1 aliphatic heterocycles. The summed E-state index contributed by atoms with van der Waals surface area (Å²) >= 11 is 1.73. The van der Waals surface area contributed by atoms with Crippen LogP contribution < -0.4 is 5.32 Å². The summed E-state index contributed by atoms with van der Waals surface area (Å²) in [6.07, 6.45) is 1.04. The lowest BCUT2D eigenvalue weighted by atomic mass is 10.0. The fourth-order valence-corrected chi connectivity index (χ4v) is 3.31. The number of aromatic nitrogens is 3. The van der Waals surface area contributed by atoms with Crippen molar-refractivity contribution in [2.75, 3.05) is 18.5 Å². The minimum absolute atomic E-state index is 0.400. The molecule has 112 valence electrons. The number of thiazole rings is 1. The number of rotatable bonds is 4. The summed E-state index contributed by atoms with van der Waals surface area (Å²) in [5.74, 6) is 2.07. The van der Waals surface area contributed by atoms with Crippen LogP contribution in [0.25, 0.3) is 0 Å². The first-order valence-electron chi connectivity index (χ1n) is 7.22. The molecule has 0 spiro atoms. The second-order valence-electron chi connectivity index (χ2n) is 5.39. The Morgan fingerprint density at radius 1 is 1.29 bits per heavy atom. The molecule has 2 aromatic rings. The second kappa shape index (κ2) is 6.07. The zero-order chi connectivity index (χ0) is 14.8. The van der Waals surface area contributed by atoms with Crippen LogP contribution in [0.4, 0.5) is 5.82 Å². The highest BCUT2D eigenvalue weighted by atomic mass is 32.1. The predicted molar refractivity (Wildman–Crippen MR) is 83.9 cm³/mol. The molecular weight excluding hydrogens is 284 g/mol. The molecule has 3 heterocycles. The number of aryl methyl sites for hydroxylation is 3. The second-order valence-corrected chi connectivity index (χ2v) is 6.68. The van der Waals surface area contributed by atoms with Gasteiger partial charge in [-0.2, -0.15) is 0 Å². The van der Waals surface area contributed by atoms with Gasteiger partial charge in [0.05, 0.1) is 24.5 Å². The molecule has 0 saturated carbocycles. The van der Waals surface area contributed by atoms with Crippen molar-refractivity contribution in [3.8, 4) is 0 Å². The molecule has 1 atom stereocenters. The number of anilines is 1.